The van der Waals surface area contributed by atoms with Crippen LogP contribution in [0.3, 0.4) is 0 Å². The third-order valence-corrected chi connectivity index (χ3v) is 3.05. The maximum absolute atomic E-state index is 6.06. The van der Waals surface area contributed by atoms with Gasteiger partial charge in [-0.2, -0.15) is 0 Å². The van der Waals surface area contributed by atoms with Gasteiger partial charge in [0.05, 0.1) is 19.9 Å². The van der Waals surface area contributed by atoms with Gasteiger partial charge in [0, 0.05) is 24.3 Å². The van der Waals surface area contributed by atoms with E-state index in [0.29, 0.717) is 41.4 Å². The van der Waals surface area contributed by atoms with E-state index in [0.717, 1.165) is 5.56 Å². The van der Waals surface area contributed by atoms with E-state index in [4.69, 9.17) is 25.8 Å². The van der Waals surface area contributed by atoms with E-state index in [9.17, 15) is 0 Å². The Kier molecular flexibility index (Phi) is 5.36. The maximum atomic E-state index is 6.06. The molecule has 1 aromatic heterocycles. The summed E-state index contributed by atoms with van der Waals surface area (Å²) in [4.78, 5) is 8.61. The lowest BCUT2D eigenvalue weighted by Crippen LogP contribution is -2.01. The summed E-state index contributed by atoms with van der Waals surface area (Å²) in [5.74, 6) is 1.91. The van der Waals surface area contributed by atoms with E-state index in [2.05, 4.69) is 9.97 Å². The Morgan fingerprint density at radius 2 is 1.90 bits per heavy atom. The van der Waals surface area contributed by atoms with Gasteiger partial charge in [-0.15, -0.1) is 0 Å². The summed E-state index contributed by atoms with van der Waals surface area (Å²) < 4.78 is 15.9. The molecular formula is C15H17ClN2O3. The van der Waals surface area contributed by atoms with E-state index in [1.165, 1.54) is 0 Å². The normalized spacial score (nSPS) is 10.5. The van der Waals surface area contributed by atoms with Gasteiger partial charge in [0.2, 0.25) is 0 Å². The minimum Gasteiger partial charge on any atom is -0.497 e. The molecule has 0 aliphatic heterocycles. The van der Waals surface area contributed by atoms with E-state index >= 15 is 0 Å². The fraction of sp³-hybridized carbons (Fsp3) is 0.333. The molecule has 0 amide bonds. The summed E-state index contributed by atoms with van der Waals surface area (Å²) in [7, 11) is 3.21. The number of rotatable bonds is 6. The largest absolute Gasteiger partial charge is 0.497 e. The maximum Gasteiger partial charge on any atom is 0.156 e. The van der Waals surface area contributed by atoms with Crippen molar-refractivity contribution in [1.29, 1.82) is 0 Å². The zero-order valence-corrected chi connectivity index (χ0v) is 13.0. The van der Waals surface area contributed by atoms with Crippen LogP contribution in [-0.2, 0) is 11.3 Å². The number of hydrogen-bond donors (Lipinski definition) is 0. The number of aromatic nitrogens is 2. The second kappa shape index (κ2) is 7.24. The molecule has 5 nitrogen and oxygen atoms in total. The van der Waals surface area contributed by atoms with Crippen LogP contribution in [0.1, 0.15) is 12.7 Å². The van der Waals surface area contributed by atoms with Crippen LogP contribution in [0.15, 0.2) is 24.3 Å². The van der Waals surface area contributed by atoms with Crippen molar-refractivity contribution in [1.82, 2.24) is 9.97 Å². The minimum atomic E-state index is 0.322. The third-order valence-electron chi connectivity index (χ3n) is 2.86. The molecule has 2 aromatic rings. The summed E-state index contributed by atoms with van der Waals surface area (Å²) in [5.41, 5.74) is 1.50. The predicted octanol–water partition coefficient (Wildman–Crippen LogP) is 3.35. The van der Waals surface area contributed by atoms with E-state index in [1.807, 2.05) is 19.1 Å². The van der Waals surface area contributed by atoms with Crippen LogP contribution in [-0.4, -0.2) is 30.8 Å². The highest BCUT2D eigenvalue weighted by molar-refractivity contribution is 6.29. The Labute approximate surface area is 128 Å². The van der Waals surface area contributed by atoms with Crippen LogP contribution in [0.25, 0.3) is 11.3 Å². The van der Waals surface area contributed by atoms with Crippen molar-refractivity contribution in [3.8, 4) is 22.8 Å². The molecule has 0 fully saturated rings. The number of halogens is 1. The van der Waals surface area contributed by atoms with E-state index in [1.54, 1.807) is 26.4 Å². The number of ether oxygens (including phenoxy) is 3. The van der Waals surface area contributed by atoms with Crippen LogP contribution < -0.4 is 9.47 Å². The average Bonchev–Trinajstić information content (AvgIpc) is 2.51. The van der Waals surface area contributed by atoms with Gasteiger partial charge in [-0.05, 0) is 19.1 Å². The van der Waals surface area contributed by atoms with Crippen LogP contribution >= 0.6 is 11.6 Å². The third kappa shape index (κ3) is 3.83. The average molecular weight is 309 g/mol. The van der Waals surface area contributed by atoms with Gasteiger partial charge in [0.1, 0.15) is 23.3 Å². The Balaban J connectivity index is 2.43. The Hall–Kier alpha value is -1.85. The predicted molar refractivity (Wildman–Crippen MR) is 80.9 cm³/mol. The van der Waals surface area contributed by atoms with Crippen LogP contribution in [0.2, 0.25) is 5.15 Å². The van der Waals surface area contributed by atoms with Gasteiger partial charge in [0.25, 0.3) is 0 Å². The van der Waals surface area contributed by atoms with Crippen LogP contribution in [0, 0.1) is 0 Å². The standard InChI is InChI=1S/C15H17ClN2O3/c1-4-21-9-15-17-12(8-14(16)18-15)11-6-5-10(19-2)7-13(11)20-3/h5-8H,4,9H2,1-3H3. The topological polar surface area (TPSA) is 53.5 Å². The highest BCUT2D eigenvalue weighted by Gasteiger charge is 2.11. The lowest BCUT2D eigenvalue weighted by Gasteiger charge is -2.11. The molecule has 0 saturated carbocycles. The summed E-state index contributed by atoms with van der Waals surface area (Å²) >= 11 is 6.06. The molecule has 1 aromatic carbocycles. The summed E-state index contributed by atoms with van der Waals surface area (Å²) in [6, 6.07) is 7.21. The van der Waals surface area contributed by atoms with Crippen molar-refractivity contribution < 1.29 is 14.2 Å². The lowest BCUT2D eigenvalue weighted by atomic mass is 10.1. The summed E-state index contributed by atoms with van der Waals surface area (Å²) in [6.07, 6.45) is 0. The van der Waals surface area contributed by atoms with E-state index in [-0.39, 0.29) is 0 Å². The molecule has 0 unspecified atom stereocenters. The fourth-order valence-electron chi connectivity index (χ4n) is 1.87. The number of hydrogen-bond acceptors (Lipinski definition) is 5. The first kappa shape index (κ1) is 15.5. The van der Waals surface area contributed by atoms with Gasteiger partial charge in [-0.1, -0.05) is 11.6 Å². The Morgan fingerprint density at radius 3 is 2.57 bits per heavy atom. The molecule has 0 aliphatic carbocycles. The summed E-state index contributed by atoms with van der Waals surface area (Å²) in [5, 5.41) is 0.368. The van der Waals surface area contributed by atoms with Crippen molar-refractivity contribution in [3.63, 3.8) is 0 Å². The molecule has 0 atom stereocenters. The molecule has 2 rings (SSSR count). The van der Waals surface area contributed by atoms with Crippen molar-refractivity contribution in [2.75, 3.05) is 20.8 Å². The molecular weight excluding hydrogens is 292 g/mol. The first-order chi connectivity index (χ1) is 10.2. The lowest BCUT2D eigenvalue weighted by molar-refractivity contribution is 0.128. The molecule has 0 spiro atoms. The molecule has 0 radical (unpaired) electrons. The smallest absolute Gasteiger partial charge is 0.156 e. The molecule has 0 aliphatic rings. The van der Waals surface area contributed by atoms with Gasteiger partial charge in [-0.25, -0.2) is 9.97 Å². The quantitative estimate of drug-likeness (QED) is 0.766. The zero-order chi connectivity index (χ0) is 15.2. The van der Waals surface area contributed by atoms with Gasteiger partial charge < -0.3 is 14.2 Å². The minimum absolute atomic E-state index is 0.322. The molecule has 1 heterocycles. The van der Waals surface area contributed by atoms with Crippen LogP contribution in [0.5, 0.6) is 11.5 Å². The first-order valence-corrected chi connectivity index (χ1v) is 6.89. The zero-order valence-electron chi connectivity index (χ0n) is 12.2. The summed E-state index contributed by atoms with van der Waals surface area (Å²) in [6.45, 7) is 2.83. The highest BCUT2D eigenvalue weighted by Crippen LogP contribution is 2.33. The van der Waals surface area contributed by atoms with Gasteiger partial charge in [0.15, 0.2) is 5.82 Å². The van der Waals surface area contributed by atoms with Crippen molar-refractivity contribution in [2.24, 2.45) is 0 Å². The molecule has 6 heteroatoms. The first-order valence-electron chi connectivity index (χ1n) is 6.51. The number of methoxy groups -OCH3 is 2. The Bertz CT molecular complexity index is 620. The number of nitrogens with zero attached hydrogens (tertiary/aromatic N) is 2. The second-order valence-electron chi connectivity index (χ2n) is 4.20. The fourth-order valence-corrected chi connectivity index (χ4v) is 2.07. The van der Waals surface area contributed by atoms with E-state index < -0.39 is 0 Å². The Morgan fingerprint density at radius 1 is 1.10 bits per heavy atom. The SMILES string of the molecule is CCOCc1nc(Cl)cc(-c2ccc(OC)cc2OC)n1. The van der Waals surface area contributed by atoms with Gasteiger partial charge >= 0.3 is 0 Å². The molecule has 21 heavy (non-hydrogen) atoms. The molecule has 0 saturated heterocycles. The molecule has 0 bridgehead atoms. The monoisotopic (exact) mass is 308 g/mol. The van der Waals surface area contributed by atoms with Crippen LogP contribution in [0.4, 0.5) is 0 Å². The molecule has 112 valence electrons. The van der Waals surface area contributed by atoms with Crippen molar-refractivity contribution in [3.05, 3.63) is 35.2 Å². The highest BCUT2D eigenvalue weighted by atomic mass is 35.5. The van der Waals surface area contributed by atoms with Crippen molar-refractivity contribution in [2.45, 2.75) is 13.5 Å². The van der Waals surface area contributed by atoms with Gasteiger partial charge in [-0.3, -0.25) is 0 Å². The molecule has 0 N–H and O–H groups in total. The van der Waals surface area contributed by atoms with Crippen molar-refractivity contribution >= 4 is 11.6 Å². The second-order valence-corrected chi connectivity index (χ2v) is 4.58. The number of benzene rings is 1.